The van der Waals surface area contributed by atoms with Gasteiger partial charge in [0.2, 0.25) is 0 Å². The summed E-state index contributed by atoms with van der Waals surface area (Å²) in [5.41, 5.74) is 8.71. The van der Waals surface area contributed by atoms with Crippen LogP contribution in [-0.4, -0.2) is 50.9 Å². The number of carboxylic acids is 1. The van der Waals surface area contributed by atoms with Gasteiger partial charge in [0, 0.05) is 33.2 Å². The number of carboxylic acid groups (broad SMARTS) is 1. The van der Waals surface area contributed by atoms with Crippen LogP contribution in [0.3, 0.4) is 0 Å². The second-order valence-corrected chi connectivity index (χ2v) is 17.4. The molecule has 0 saturated carbocycles. The van der Waals surface area contributed by atoms with E-state index < -0.39 is 28.1 Å². The molecule has 7 aromatic rings. The van der Waals surface area contributed by atoms with Crippen LogP contribution in [0.5, 0.6) is 0 Å². The van der Waals surface area contributed by atoms with Gasteiger partial charge >= 0.3 is 5.97 Å². The van der Waals surface area contributed by atoms with Crippen molar-refractivity contribution in [2.45, 2.75) is 58.0 Å². The van der Waals surface area contributed by atoms with Crippen molar-refractivity contribution >= 4 is 55.5 Å². The van der Waals surface area contributed by atoms with Gasteiger partial charge in [-0.3, -0.25) is 23.9 Å². The highest BCUT2D eigenvalue weighted by Gasteiger charge is 2.32. The molecule has 1 aliphatic heterocycles. The summed E-state index contributed by atoms with van der Waals surface area (Å²) in [6, 6.07) is 25.9. The second-order valence-electron chi connectivity index (χ2n) is 14.5. The highest BCUT2D eigenvalue weighted by molar-refractivity contribution is 7.92. The van der Waals surface area contributed by atoms with E-state index in [2.05, 4.69) is 38.2 Å². The van der Waals surface area contributed by atoms with Gasteiger partial charge in [-0.1, -0.05) is 54.6 Å². The van der Waals surface area contributed by atoms with Gasteiger partial charge in [-0.05, 0) is 92.8 Å². The zero-order valence-corrected chi connectivity index (χ0v) is 34.3. The van der Waals surface area contributed by atoms with Crippen LogP contribution in [0.25, 0.3) is 27.0 Å². The van der Waals surface area contributed by atoms with Gasteiger partial charge in [-0.25, -0.2) is 8.42 Å². The number of aryl methyl sites for hydroxylation is 3. The molecule has 1 amide bonds. The number of nitrogens with one attached hydrogen (secondary N) is 3. The Hall–Kier alpha value is -6.89. The summed E-state index contributed by atoms with van der Waals surface area (Å²) in [5, 5.41) is 32.4. The molecular weight excluding hydrogens is 785 g/mol. The van der Waals surface area contributed by atoms with E-state index in [4.69, 9.17) is 4.99 Å². The maximum absolute atomic E-state index is 13.3. The number of aliphatic imine (C=N–C) groups is 1. The Morgan fingerprint density at radius 2 is 1.59 bits per heavy atom. The van der Waals surface area contributed by atoms with Crippen molar-refractivity contribution in [3.8, 4) is 22.2 Å². The molecule has 0 spiro atoms. The highest BCUT2D eigenvalue weighted by atomic mass is 32.2. The van der Waals surface area contributed by atoms with Crippen molar-refractivity contribution < 1.29 is 23.1 Å². The zero-order chi connectivity index (χ0) is 41.7. The monoisotopic (exact) mass is 822 g/mol. The maximum Gasteiger partial charge on any atom is 0.306 e. The molecule has 8 rings (SSSR count). The number of benzene rings is 4. The molecule has 4 aromatic carbocycles. The van der Waals surface area contributed by atoms with Crippen molar-refractivity contribution in [3.05, 3.63) is 147 Å². The van der Waals surface area contributed by atoms with E-state index >= 15 is 0 Å². The number of hydrogen-bond donors (Lipinski definition) is 4. The Balaban J connectivity index is 0.958. The molecule has 59 heavy (non-hydrogen) atoms. The molecule has 3 aromatic heterocycles. The summed E-state index contributed by atoms with van der Waals surface area (Å²) in [5.74, 6) is -0.0857. The van der Waals surface area contributed by atoms with Gasteiger partial charge < -0.3 is 15.4 Å². The van der Waals surface area contributed by atoms with Crippen molar-refractivity contribution in [2.24, 2.45) is 4.99 Å². The quantitative estimate of drug-likeness (QED) is 0.106. The van der Waals surface area contributed by atoms with E-state index in [1.807, 2.05) is 68.7 Å². The fraction of sp³-hybridized carbons (Fsp3) is 0.182. The Kier molecular flexibility index (Phi) is 9.99. The fourth-order valence-electron chi connectivity index (χ4n) is 7.42. The normalized spacial score (nSPS) is 14.1. The van der Waals surface area contributed by atoms with Crippen LogP contribution >= 0.6 is 11.3 Å². The smallest absolute Gasteiger partial charge is 0.306 e. The van der Waals surface area contributed by atoms with E-state index in [-0.39, 0.29) is 17.2 Å². The summed E-state index contributed by atoms with van der Waals surface area (Å²) >= 11 is 1.61. The lowest BCUT2D eigenvalue weighted by molar-refractivity contribution is -0.137. The minimum atomic E-state index is -3.96. The van der Waals surface area contributed by atoms with Crippen LogP contribution < -0.4 is 10.0 Å². The Morgan fingerprint density at radius 3 is 2.25 bits per heavy atom. The molecule has 0 aliphatic carbocycles. The first-order chi connectivity index (χ1) is 28.2. The number of carbonyl (C=O) groups is 2. The van der Waals surface area contributed by atoms with E-state index in [0.717, 1.165) is 48.8 Å². The molecule has 1 unspecified atom stereocenters. The van der Waals surface area contributed by atoms with Crippen molar-refractivity contribution in [3.63, 3.8) is 0 Å². The third kappa shape index (κ3) is 7.17. The number of rotatable bonds is 10. The number of nitriles is 1. The molecule has 2 atom stereocenters. The number of fused-ring (bicyclic) bond motifs is 4. The van der Waals surface area contributed by atoms with Crippen LogP contribution in [0.15, 0.2) is 101 Å². The van der Waals surface area contributed by atoms with Crippen molar-refractivity contribution in [1.29, 1.82) is 5.26 Å². The minimum Gasteiger partial charge on any atom is -0.481 e. The summed E-state index contributed by atoms with van der Waals surface area (Å²) in [4.78, 5) is 34.4. The fourth-order valence-corrected chi connectivity index (χ4v) is 9.71. The topological polar surface area (TPSA) is 195 Å². The van der Waals surface area contributed by atoms with Crippen molar-refractivity contribution in [2.75, 3.05) is 4.72 Å². The molecule has 0 fully saturated rings. The van der Waals surface area contributed by atoms with Gasteiger partial charge in [0.1, 0.15) is 22.9 Å². The lowest BCUT2D eigenvalue weighted by atomic mass is 9.96. The Morgan fingerprint density at radius 1 is 0.932 bits per heavy atom. The molecule has 4 heterocycles. The number of carbonyl (C=O) groups excluding carboxylic acids is 1. The summed E-state index contributed by atoms with van der Waals surface area (Å²) < 4.78 is 31.2. The standard InChI is InChI=1S/C44H38N8O5S2/c1-23-6-19-35(41-38(23)33(21-45)22-46-41)51-59(56,57)34-17-15-28(16-18-34)25(3)47-43(55)32-13-9-30(10-14-32)29-7-11-31(12-8-29)40-39-24(2)26(4)58-44(39)52-27(5)49-50-42(52)36(48-40)20-37(53)54/h6-19,22,25,36,46,51H,20H2,1-5H3,(H,47,55)(H,53,54)/t25?,36-/m0/s1. The third-order valence-corrected chi connectivity index (χ3v) is 13.3. The molecule has 0 bridgehead atoms. The molecule has 4 N–H and O–H groups in total. The number of aromatic amines is 1. The van der Waals surface area contributed by atoms with E-state index in [0.29, 0.717) is 45.1 Å². The first kappa shape index (κ1) is 39.0. The van der Waals surface area contributed by atoms with Crippen LogP contribution in [0.4, 0.5) is 5.69 Å². The van der Waals surface area contributed by atoms with Crippen LogP contribution in [0.1, 0.15) is 85.7 Å². The molecule has 15 heteroatoms. The average Bonchev–Trinajstić information content (AvgIpc) is 3.90. The second kappa shape index (κ2) is 15.1. The highest BCUT2D eigenvalue weighted by Crippen LogP contribution is 2.40. The molecule has 1 aliphatic rings. The molecule has 0 radical (unpaired) electrons. The number of aliphatic carboxylic acids is 1. The van der Waals surface area contributed by atoms with Gasteiger partial charge in [0.15, 0.2) is 5.82 Å². The molecule has 0 saturated heterocycles. The first-order valence-electron chi connectivity index (χ1n) is 18.7. The van der Waals surface area contributed by atoms with Gasteiger partial charge in [0.05, 0.1) is 39.8 Å². The molecular formula is C44H38N8O5S2. The summed E-state index contributed by atoms with van der Waals surface area (Å²) in [7, 11) is -3.96. The summed E-state index contributed by atoms with van der Waals surface area (Å²) in [6.07, 6.45) is 1.33. The molecule has 13 nitrogen and oxygen atoms in total. The van der Waals surface area contributed by atoms with Crippen LogP contribution in [0, 0.1) is 39.0 Å². The lowest BCUT2D eigenvalue weighted by Gasteiger charge is -2.16. The SMILES string of the molecule is Cc1sc2c(c1C)C(c1ccc(-c3ccc(C(=O)NC(C)c4ccc(S(=O)(=O)Nc5ccc(C)c6c(C#N)c[nH]c56)cc4)cc3)cc1)=N[C@@H](CC(=O)O)c1nnc(C)n1-2. The van der Waals surface area contributed by atoms with Gasteiger partial charge in [-0.2, -0.15) is 5.26 Å². The van der Waals surface area contributed by atoms with E-state index in [1.165, 1.54) is 12.1 Å². The Bertz CT molecular complexity index is 2990. The number of aromatic nitrogens is 4. The van der Waals surface area contributed by atoms with Gasteiger partial charge in [0.25, 0.3) is 15.9 Å². The Labute approximate surface area is 344 Å². The lowest BCUT2D eigenvalue weighted by Crippen LogP contribution is -2.26. The number of nitrogens with zero attached hydrogens (tertiary/aromatic N) is 5. The molecule has 296 valence electrons. The largest absolute Gasteiger partial charge is 0.481 e. The average molecular weight is 823 g/mol. The zero-order valence-electron chi connectivity index (χ0n) is 32.7. The number of amides is 1. The number of hydrogen-bond acceptors (Lipinski definition) is 9. The third-order valence-electron chi connectivity index (χ3n) is 10.7. The maximum atomic E-state index is 13.3. The number of sulfonamides is 1. The van der Waals surface area contributed by atoms with Crippen LogP contribution in [0.2, 0.25) is 0 Å². The van der Waals surface area contributed by atoms with E-state index in [1.54, 1.807) is 53.9 Å². The number of thiophene rings is 1. The predicted molar refractivity (Wildman–Crippen MR) is 227 cm³/mol. The summed E-state index contributed by atoms with van der Waals surface area (Å²) in [6.45, 7) is 9.65. The van der Waals surface area contributed by atoms with Crippen LogP contribution in [-0.2, 0) is 14.8 Å². The minimum absolute atomic E-state index is 0.0514. The predicted octanol–water partition coefficient (Wildman–Crippen LogP) is 8.24. The number of anilines is 1. The first-order valence-corrected chi connectivity index (χ1v) is 21.0. The van der Waals surface area contributed by atoms with E-state index in [9.17, 15) is 28.4 Å². The van der Waals surface area contributed by atoms with Crippen molar-refractivity contribution in [1.82, 2.24) is 25.1 Å². The van der Waals surface area contributed by atoms with Gasteiger partial charge in [-0.15, -0.1) is 21.5 Å². The number of H-pyrrole nitrogens is 1.